The van der Waals surface area contributed by atoms with Crippen LogP contribution in [0.5, 0.6) is 0 Å². The number of ether oxygens (including phenoxy) is 1. The minimum absolute atomic E-state index is 0.157. The van der Waals surface area contributed by atoms with Gasteiger partial charge < -0.3 is 15.4 Å². The average molecular weight is 472 g/mol. The summed E-state index contributed by atoms with van der Waals surface area (Å²) >= 11 is 1.47. The largest absolute Gasteiger partial charge is 0.379 e. The number of hydrogen-bond donors (Lipinski definition) is 2. The van der Waals surface area contributed by atoms with Gasteiger partial charge in [0.15, 0.2) is 0 Å². The van der Waals surface area contributed by atoms with Gasteiger partial charge in [-0.1, -0.05) is 42.0 Å². The Balaban J connectivity index is 1.37. The van der Waals surface area contributed by atoms with E-state index in [2.05, 4.69) is 15.5 Å². The molecule has 2 N–H and O–H groups in total. The third-order valence-corrected chi connectivity index (χ3v) is 7.37. The normalized spacial score (nSPS) is 22.4. The summed E-state index contributed by atoms with van der Waals surface area (Å²) < 4.78 is 18.6. The van der Waals surface area contributed by atoms with Gasteiger partial charge in [-0.25, -0.2) is 4.39 Å². The molecule has 0 spiro atoms. The summed E-state index contributed by atoms with van der Waals surface area (Å²) in [7, 11) is 0. The van der Waals surface area contributed by atoms with Gasteiger partial charge in [-0.2, -0.15) is 0 Å². The van der Waals surface area contributed by atoms with Crippen molar-refractivity contribution in [3.8, 4) is 0 Å². The fourth-order valence-corrected chi connectivity index (χ4v) is 5.26. The zero-order valence-corrected chi connectivity index (χ0v) is 19.6. The van der Waals surface area contributed by atoms with Crippen LogP contribution in [0.3, 0.4) is 0 Å². The molecule has 0 aromatic heterocycles. The average Bonchev–Trinajstić information content (AvgIpc) is 2.82. The van der Waals surface area contributed by atoms with E-state index in [1.54, 1.807) is 12.1 Å². The molecular formula is C25H30FN3O3S. The van der Waals surface area contributed by atoms with Gasteiger partial charge in [0, 0.05) is 25.4 Å². The van der Waals surface area contributed by atoms with Crippen LogP contribution >= 0.6 is 11.8 Å². The van der Waals surface area contributed by atoms with Gasteiger partial charge in [0.05, 0.1) is 24.5 Å². The molecule has 2 amide bonds. The molecule has 3 atom stereocenters. The third kappa shape index (κ3) is 6.56. The van der Waals surface area contributed by atoms with E-state index >= 15 is 0 Å². The maximum Gasteiger partial charge on any atom is 0.243 e. The molecule has 2 aliphatic heterocycles. The lowest BCUT2D eigenvalue weighted by atomic mass is 10.0. The molecule has 2 aromatic rings. The topological polar surface area (TPSA) is 70.7 Å². The molecule has 2 fully saturated rings. The van der Waals surface area contributed by atoms with Crippen molar-refractivity contribution in [3.05, 3.63) is 71.0 Å². The lowest BCUT2D eigenvalue weighted by Gasteiger charge is -2.33. The van der Waals surface area contributed by atoms with Crippen LogP contribution in [-0.4, -0.2) is 66.6 Å². The number of aryl methyl sites for hydroxylation is 1. The summed E-state index contributed by atoms with van der Waals surface area (Å²) in [6.45, 7) is 5.78. The van der Waals surface area contributed by atoms with Crippen molar-refractivity contribution in [1.29, 1.82) is 0 Å². The highest BCUT2D eigenvalue weighted by Gasteiger charge is 2.33. The number of morpholine rings is 1. The van der Waals surface area contributed by atoms with E-state index in [4.69, 9.17) is 4.74 Å². The molecule has 0 aliphatic carbocycles. The molecule has 8 heteroatoms. The van der Waals surface area contributed by atoms with E-state index < -0.39 is 6.04 Å². The molecule has 0 saturated carbocycles. The first kappa shape index (κ1) is 23.7. The van der Waals surface area contributed by atoms with Crippen LogP contribution in [0.1, 0.15) is 22.7 Å². The van der Waals surface area contributed by atoms with Crippen molar-refractivity contribution in [3.63, 3.8) is 0 Å². The Morgan fingerprint density at radius 3 is 2.55 bits per heavy atom. The number of thioether (sulfide) groups is 1. The van der Waals surface area contributed by atoms with E-state index in [0.29, 0.717) is 31.9 Å². The molecule has 2 aliphatic rings. The van der Waals surface area contributed by atoms with Crippen molar-refractivity contribution < 1.29 is 18.7 Å². The maximum absolute atomic E-state index is 13.1. The van der Waals surface area contributed by atoms with Gasteiger partial charge in [-0.15, -0.1) is 11.8 Å². The van der Waals surface area contributed by atoms with E-state index in [0.717, 1.165) is 24.2 Å². The van der Waals surface area contributed by atoms with Crippen molar-refractivity contribution >= 4 is 23.6 Å². The highest BCUT2D eigenvalue weighted by Crippen LogP contribution is 2.23. The van der Waals surface area contributed by atoms with Crippen LogP contribution in [0.25, 0.3) is 0 Å². The number of benzene rings is 2. The first-order valence-corrected chi connectivity index (χ1v) is 12.4. The Morgan fingerprint density at radius 2 is 1.88 bits per heavy atom. The summed E-state index contributed by atoms with van der Waals surface area (Å²) in [6.07, 6.45) is 0.508. The van der Waals surface area contributed by atoms with Crippen molar-refractivity contribution in [2.24, 2.45) is 0 Å². The maximum atomic E-state index is 13.1. The second-order valence-electron chi connectivity index (χ2n) is 8.60. The molecule has 2 saturated heterocycles. The summed E-state index contributed by atoms with van der Waals surface area (Å²) in [4.78, 5) is 28.1. The van der Waals surface area contributed by atoms with Crippen LogP contribution in [0.4, 0.5) is 4.39 Å². The van der Waals surface area contributed by atoms with Gasteiger partial charge in [0.25, 0.3) is 0 Å². The van der Waals surface area contributed by atoms with Crippen LogP contribution in [0.15, 0.2) is 48.5 Å². The molecule has 0 unspecified atom stereocenters. The Morgan fingerprint density at radius 1 is 1.18 bits per heavy atom. The minimum Gasteiger partial charge on any atom is -0.379 e. The lowest BCUT2D eigenvalue weighted by Crippen LogP contribution is -2.55. The van der Waals surface area contributed by atoms with Crippen LogP contribution in [-0.2, 0) is 20.7 Å². The molecule has 2 aromatic carbocycles. The smallest absolute Gasteiger partial charge is 0.243 e. The standard InChI is InChI=1S/C25H30FN3O3S/c1-17-2-6-19(7-3-17)21(15-29-10-12-32-13-11-29)27-24(30)22-16-33-23(25(31)28-22)14-18-4-8-20(26)9-5-18/h2-9,21-23H,10-16H2,1H3,(H,27,30)(H,28,31)/t21-,22-,23+/m0/s1. The monoisotopic (exact) mass is 471 g/mol. The van der Waals surface area contributed by atoms with Crippen LogP contribution in [0, 0.1) is 12.7 Å². The van der Waals surface area contributed by atoms with Crippen LogP contribution in [0.2, 0.25) is 0 Å². The molecule has 2 heterocycles. The SMILES string of the molecule is Cc1ccc([C@H](CN2CCOCC2)NC(=O)[C@@H]2CS[C@H](Cc3ccc(F)cc3)C(=O)N2)cc1. The Bertz CT molecular complexity index is 948. The summed E-state index contributed by atoms with van der Waals surface area (Å²) in [5.74, 6) is -0.121. The summed E-state index contributed by atoms with van der Waals surface area (Å²) in [5.41, 5.74) is 3.11. The minimum atomic E-state index is -0.579. The quantitative estimate of drug-likeness (QED) is 0.649. The van der Waals surface area contributed by atoms with Crippen molar-refractivity contribution in [1.82, 2.24) is 15.5 Å². The summed E-state index contributed by atoms with van der Waals surface area (Å²) in [5, 5.41) is 5.77. The number of carbonyl (C=O) groups is 2. The van der Waals surface area contributed by atoms with E-state index in [1.165, 1.54) is 29.5 Å². The molecule has 176 valence electrons. The number of rotatable bonds is 7. The number of nitrogens with one attached hydrogen (secondary N) is 2. The predicted octanol–water partition coefficient (Wildman–Crippen LogP) is 2.47. The van der Waals surface area contributed by atoms with E-state index in [-0.39, 0.29) is 28.9 Å². The van der Waals surface area contributed by atoms with Gasteiger partial charge in [-0.05, 0) is 36.6 Å². The van der Waals surface area contributed by atoms with E-state index in [9.17, 15) is 14.0 Å². The van der Waals surface area contributed by atoms with Crippen LogP contribution < -0.4 is 10.6 Å². The van der Waals surface area contributed by atoms with Crippen molar-refractivity contribution in [2.75, 3.05) is 38.6 Å². The Labute approximate surface area is 198 Å². The Hall–Kier alpha value is -2.42. The predicted molar refractivity (Wildman–Crippen MR) is 128 cm³/mol. The van der Waals surface area contributed by atoms with Gasteiger partial charge in [0.1, 0.15) is 11.9 Å². The highest BCUT2D eigenvalue weighted by molar-refractivity contribution is 8.00. The van der Waals surface area contributed by atoms with Crippen molar-refractivity contribution in [2.45, 2.75) is 30.7 Å². The first-order valence-electron chi connectivity index (χ1n) is 11.3. The van der Waals surface area contributed by atoms with Gasteiger partial charge in [0.2, 0.25) is 11.8 Å². The fourth-order valence-electron chi connectivity index (χ4n) is 4.07. The van der Waals surface area contributed by atoms with Gasteiger partial charge >= 0.3 is 0 Å². The molecule has 6 nitrogen and oxygen atoms in total. The number of nitrogens with zero attached hydrogens (tertiary/aromatic N) is 1. The second-order valence-corrected chi connectivity index (χ2v) is 9.83. The lowest BCUT2D eigenvalue weighted by molar-refractivity contribution is -0.129. The third-order valence-electron chi connectivity index (χ3n) is 6.06. The number of carbonyl (C=O) groups excluding carboxylic acids is 2. The zero-order valence-electron chi connectivity index (χ0n) is 18.8. The fraction of sp³-hybridized carbons (Fsp3) is 0.440. The second kappa shape index (κ2) is 11.1. The zero-order chi connectivity index (χ0) is 23.2. The number of hydrogen-bond acceptors (Lipinski definition) is 5. The van der Waals surface area contributed by atoms with E-state index in [1.807, 2.05) is 31.2 Å². The number of amides is 2. The molecule has 33 heavy (non-hydrogen) atoms. The molecular weight excluding hydrogens is 441 g/mol. The highest BCUT2D eigenvalue weighted by atomic mass is 32.2. The molecule has 4 rings (SSSR count). The number of halogens is 1. The summed E-state index contributed by atoms with van der Waals surface area (Å²) in [6, 6.07) is 13.6. The molecule has 0 radical (unpaired) electrons. The first-order chi connectivity index (χ1) is 16.0. The Kier molecular flexibility index (Phi) is 8.01. The van der Waals surface area contributed by atoms with Gasteiger partial charge in [-0.3, -0.25) is 14.5 Å². The molecule has 0 bridgehead atoms.